The second kappa shape index (κ2) is 5.58. The smallest absolute Gasteiger partial charge is 0.142 e. The van der Waals surface area contributed by atoms with Gasteiger partial charge < -0.3 is 5.11 Å². The summed E-state index contributed by atoms with van der Waals surface area (Å²) < 4.78 is 13.4. The van der Waals surface area contributed by atoms with Crippen LogP contribution in [0, 0.1) is 11.2 Å². The van der Waals surface area contributed by atoms with Gasteiger partial charge in [0.2, 0.25) is 0 Å². The number of aliphatic hydroxyl groups excluding tert-OH is 1. The molecule has 1 fully saturated rings. The van der Waals surface area contributed by atoms with Gasteiger partial charge in [0.15, 0.2) is 0 Å². The fourth-order valence-corrected chi connectivity index (χ4v) is 3.23. The van der Waals surface area contributed by atoms with Crippen LogP contribution in [0.2, 0.25) is 5.02 Å². The van der Waals surface area contributed by atoms with Crippen molar-refractivity contribution in [2.24, 2.45) is 5.41 Å². The molecule has 100 valence electrons. The summed E-state index contributed by atoms with van der Waals surface area (Å²) >= 11 is 5.66. The molecule has 2 rings (SSSR count). The highest BCUT2D eigenvalue weighted by Gasteiger charge is 2.38. The van der Waals surface area contributed by atoms with Gasteiger partial charge in [0, 0.05) is 0 Å². The van der Waals surface area contributed by atoms with E-state index in [1.165, 1.54) is 18.9 Å². The lowest BCUT2D eigenvalue weighted by atomic mass is 9.76. The van der Waals surface area contributed by atoms with Gasteiger partial charge in [-0.3, -0.25) is 0 Å². The number of aliphatic hydroxyl groups is 1. The maximum absolute atomic E-state index is 13.4. The summed E-state index contributed by atoms with van der Waals surface area (Å²) in [5.74, 6) is -0.404. The van der Waals surface area contributed by atoms with Gasteiger partial charge >= 0.3 is 0 Å². The summed E-state index contributed by atoms with van der Waals surface area (Å²) in [6, 6.07) is 4.79. The normalized spacial score (nSPS) is 20.0. The van der Waals surface area contributed by atoms with Crippen LogP contribution in [-0.4, -0.2) is 11.2 Å². The topological polar surface area (TPSA) is 20.2 Å². The van der Waals surface area contributed by atoms with Gasteiger partial charge in [-0.15, -0.1) is 0 Å². The zero-order valence-corrected chi connectivity index (χ0v) is 11.5. The minimum Gasteiger partial charge on any atom is -0.392 e. The Hall–Kier alpha value is -0.600. The van der Waals surface area contributed by atoms with Crippen molar-refractivity contribution in [2.45, 2.75) is 51.6 Å². The van der Waals surface area contributed by atoms with Gasteiger partial charge in [-0.25, -0.2) is 4.39 Å². The standard InChI is InChI=1S/C15H20ClFO/c1-2-15(7-3-4-8-15)14(18)10-11-5-6-12(16)13(17)9-11/h5-6,9,14,18H,2-4,7-8,10H2,1H3. The molecule has 0 saturated heterocycles. The molecule has 0 aromatic heterocycles. The lowest BCUT2D eigenvalue weighted by Crippen LogP contribution is -2.33. The predicted molar refractivity (Wildman–Crippen MR) is 72.3 cm³/mol. The number of hydrogen-bond acceptors (Lipinski definition) is 1. The Morgan fingerprint density at radius 3 is 2.61 bits per heavy atom. The Labute approximate surface area is 113 Å². The second-order valence-corrected chi connectivity index (χ2v) is 5.80. The maximum Gasteiger partial charge on any atom is 0.142 e. The summed E-state index contributed by atoms with van der Waals surface area (Å²) in [4.78, 5) is 0. The number of halogens is 2. The van der Waals surface area contributed by atoms with E-state index >= 15 is 0 Å². The molecule has 0 bridgehead atoms. The molecule has 1 saturated carbocycles. The second-order valence-electron chi connectivity index (χ2n) is 5.39. The zero-order chi connectivity index (χ0) is 13.2. The van der Waals surface area contributed by atoms with Gasteiger partial charge in [0.05, 0.1) is 11.1 Å². The first-order chi connectivity index (χ1) is 8.57. The molecule has 3 heteroatoms. The first-order valence-electron chi connectivity index (χ1n) is 6.69. The van der Waals surface area contributed by atoms with Crippen molar-refractivity contribution in [3.05, 3.63) is 34.6 Å². The zero-order valence-electron chi connectivity index (χ0n) is 10.8. The monoisotopic (exact) mass is 270 g/mol. The summed E-state index contributed by atoms with van der Waals surface area (Å²) in [5.41, 5.74) is 0.861. The molecule has 0 amide bonds. The van der Waals surface area contributed by atoms with Crippen molar-refractivity contribution >= 4 is 11.6 Å². The van der Waals surface area contributed by atoms with Gasteiger partial charge in [-0.2, -0.15) is 0 Å². The van der Waals surface area contributed by atoms with E-state index < -0.39 is 5.82 Å². The predicted octanol–water partition coefficient (Wildman–Crippen LogP) is 4.35. The van der Waals surface area contributed by atoms with Gasteiger partial charge in [0.1, 0.15) is 5.82 Å². The molecule has 1 aromatic carbocycles. The minimum atomic E-state index is -0.404. The SMILES string of the molecule is CCC1(C(O)Cc2ccc(Cl)c(F)c2)CCCC1. The lowest BCUT2D eigenvalue weighted by Gasteiger charge is -2.33. The van der Waals surface area contributed by atoms with Gasteiger partial charge in [0.25, 0.3) is 0 Å². The molecule has 0 aliphatic heterocycles. The van der Waals surface area contributed by atoms with Crippen molar-refractivity contribution in [1.82, 2.24) is 0 Å². The third-order valence-electron chi connectivity index (χ3n) is 4.42. The molecule has 1 aliphatic rings. The van der Waals surface area contributed by atoms with Crippen LogP contribution in [0.3, 0.4) is 0 Å². The van der Waals surface area contributed by atoms with Crippen molar-refractivity contribution in [3.63, 3.8) is 0 Å². The van der Waals surface area contributed by atoms with Crippen molar-refractivity contribution < 1.29 is 9.50 Å². The van der Waals surface area contributed by atoms with Crippen LogP contribution < -0.4 is 0 Å². The van der Waals surface area contributed by atoms with Crippen molar-refractivity contribution in [1.29, 1.82) is 0 Å². The van der Waals surface area contributed by atoms with E-state index in [1.54, 1.807) is 12.1 Å². The molecule has 1 atom stereocenters. The van der Waals surface area contributed by atoms with E-state index in [9.17, 15) is 9.50 Å². The Morgan fingerprint density at radius 1 is 1.39 bits per heavy atom. The first-order valence-corrected chi connectivity index (χ1v) is 7.07. The van der Waals surface area contributed by atoms with Crippen molar-refractivity contribution in [3.8, 4) is 0 Å². The molecule has 1 nitrogen and oxygen atoms in total. The first kappa shape index (κ1) is 13.8. The van der Waals surface area contributed by atoms with E-state index in [1.807, 2.05) is 0 Å². The van der Waals surface area contributed by atoms with Crippen LogP contribution >= 0.6 is 11.6 Å². The summed E-state index contributed by atoms with van der Waals surface area (Å²) in [6.45, 7) is 2.14. The van der Waals surface area contributed by atoms with Crippen LogP contribution in [0.5, 0.6) is 0 Å². The molecule has 1 N–H and O–H groups in total. The van der Waals surface area contributed by atoms with Crippen molar-refractivity contribution in [2.75, 3.05) is 0 Å². The quantitative estimate of drug-likeness (QED) is 0.862. The van der Waals surface area contributed by atoms with Crippen LogP contribution in [0.25, 0.3) is 0 Å². The third kappa shape index (κ3) is 2.70. The number of rotatable bonds is 4. The molecule has 1 aliphatic carbocycles. The fraction of sp³-hybridized carbons (Fsp3) is 0.600. The van der Waals surface area contributed by atoms with Crippen LogP contribution in [0.15, 0.2) is 18.2 Å². The summed E-state index contributed by atoms with van der Waals surface area (Å²) in [6.07, 6.45) is 5.68. The highest BCUT2D eigenvalue weighted by atomic mass is 35.5. The maximum atomic E-state index is 13.4. The summed E-state index contributed by atoms with van der Waals surface area (Å²) in [7, 11) is 0. The molecular weight excluding hydrogens is 251 g/mol. The minimum absolute atomic E-state index is 0.0378. The van der Waals surface area contributed by atoms with Gasteiger partial charge in [-0.05, 0) is 48.8 Å². The molecule has 1 unspecified atom stereocenters. The fourth-order valence-electron chi connectivity index (χ4n) is 3.11. The van der Waals surface area contributed by atoms with Gasteiger partial charge in [-0.1, -0.05) is 37.4 Å². The van der Waals surface area contributed by atoms with E-state index in [-0.39, 0.29) is 16.5 Å². The Kier molecular flexibility index (Phi) is 4.29. The highest BCUT2D eigenvalue weighted by Crippen LogP contribution is 2.44. The van der Waals surface area contributed by atoms with E-state index in [0.717, 1.165) is 24.8 Å². The largest absolute Gasteiger partial charge is 0.392 e. The third-order valence-corrected chi connectivity index (χ3v) is 4.73. The highest BCUT2D eigenvalue weighted by molar-refractivity contribution is 6.30. The molecule has 0 spiro atoms. The van der Waals surface area contributed by atoms with E-state index in [2.05, 4.69) is 6.92 Å². The van der Waals surface area contributed by atoms with Crippen LogP contribution in [0.1, 0.15) is 44.6 Å². The van der Waals surface area contributed by atoms with E-state index in [0.29, 0.717) is 6.42 Å². The average molecular weight is 271 g/mol. The van der Waals surface area contributed by atoms with Crippen LogP contribution in [0.4, 0.5) is 4.39 Å². The molecule has 18 heavy (non-hydrogen) atoms. The number of hydrogen-bond donors (Lipinski definition) is 1. The molecule has 1 aromatic rings. The Balaban J connectivity index is 2.10. The molecule has 0 radical (unpaired) electrons. The Morgan fingerprint density at radius 2 is 2.06 bits per heavy atom. The summed E-state index contributed by atoms with van der Waals surface area (Å²) in [5, 5.41) is 10.6. The molecule has 0 heterocycles. The van der Waals surface area contributed by atoms with E-state index in [4.69, 9.17) is 11.6 Å². The molecular formula is C15H20ClFO. The Bertz CT molecular complexity index is 413. The lowest BCUT2D eigenvalue weighted by molar-refractivity contribution is 0.0257. The average Bonchev–Trinajstić information content (AvgIpc) is 2.84. The number of benzene rings is 1. The van der Waals surface area contributed by atoms with Crippen LogP contribution in [-0.2, 0) is 6.42 Å².